The molecule has 5 nitrogen and oxygen atoms in total. The highest BCUT2D eigenvalue weighted by atomic mass is 16.5. The summed E-state index contributed by atoms with van der Waals surface area (Å²) in [5, 5.41) is 0. The van der Waals surface area contributed by atoms with Crippen molar-refractivity contribution in [2.75, 3.05) is 46.3 Å². The third-order valence-electron chi connectivity index (χ3n) is 2.48. The van der Waals surface area contributed by atoms with E-state index in [2.05, 4.69) is 9.88 Å². The average Bonchev–Trinajstić information content (AvgIpc) is 2.35. The highest BCUT2D eigenvalue weighted by molar-refractivity contribution is 5.29. The summed E-state index contributed by atoms with van der Waals surface area (Å²) in [6.07, 6.45) is 1.81. The number of nitrogens with two attached hydrogens (primary N) is 1. The van der Waals surface area contributed by atoms with E-state index < -0.39 is 0 Å². The summed E-state index contributed by atoms with van der Waals surface area (Å²) in [4.78, 5) is 6.35. The zero-order valence-corrected chi connectivity index (χ0v) is 10.6. The number of aromatic nitrogens is 1. The molecule has 5 heteroatoms. The van der Waals surface area contributed by atoms with Crippen LogP contribution in [0.1, 0.15) is 5.56 Å². The number of nitrogen functional groups attached to an aromatic ring is 1. The van der Waals surface area contributed by atoms with Gasteiger partial charge in [0.15, 0.2) is 0 Å². The van der Waals surface area contributed by atoms with E-state index in [4.69, 9.17) is 15.2 Å². The van der Waals surface area contributed by atoms with E-state index in [0.29, 0.717) is 19.0 Å². The van der Waals surface area contributed by atoms with Gasteiger partial charge in [-0.3, -0.25) is 4.90 Å². The van der Waals surface area contributed by atoms with Crippen LogP contribution in [-0.2, 0) is 16.0 Å². The van der Waals surface area contributed by atoms with E-state index >= 15 is 0 Å². The van der Waals surface area contributed by atoms with Crippen molar-refractivity contribution in [3.8, 4) is 0 Å². The number of nitrogens with zero attached hydrogens (tertiary/aromatic N) is 2. The fraction of sp³-hybridized carbons (Fsp3) is 0.583. The maximum Gasteiger partial charge on any atom is 0.123 e. The lowest BCUT2D eigenvalue weighted by molar-refractivity contribution is 0.110. The molecule has 1 aromatic rings. The van der Waals surface area contributed by atoms with Gasteiger partial charge in [0.05, 0.1) is 13.2 Å². The fourth-order valence-corrected chi connectivity index (χ4v) is 1.50. The van der Waals surface area contributed by atoms with Crippen LogP contribution in [0.15, 0.2) is 18.3 Å². The van der Waals surface area contributed by atoms with Crippen molar-refractivity contribution in [2.24, 2.45) is 0 Å². The quantitative estimate of drug-likeness (QED) is 0.725. The molecule has 0 saturated heterocycles. The van der Waals surface area contributed by atoms with Crippen LogP contribution in [0.4, 0.5) is 5.82 Å². The van der Waals surface area contributed by atoms with Crippen LogP contribution in [0, 0.1) is 0 Å². The third-order valence-corrected chi connectivity index (χ3v) is 2.48. The van der Waals surface area contributed by atoms with Crippen LogP contribution < -0.4 is 5.73 Å². The Hall–Kier alpha value is -1.17. The molecule has 0 spiro atoms. The van der Waals surface area contributed by atoms with Crippen molar-refractivity contribution < 1.29 is 9.47 Å². The molecular weight excluding hydrogens is 218 g/mol. The minimum absolute atomic E-state index is 0.550. The van der Waals surface area contributed by atoms with E-state index in [1.807, 2.05) is 18.3 Å². The Labute approximate surface area is 103 Å². The summed E-state index contributed by atoms with van der Waals surface area (Å²) >= 11 is 0. The van der Waals surface area contributed by atoms with Crippen molar-refractivity contribution in [1.29, 1.82) is 0 Å². The number of hydrogen-bond donors (Lipinski definition) is 1. The summed E-state index contributed by atoms with van der Waals surface area (Å²) < 4.78 is 10.2. The molecule has 0 unspecified atom stereocenters. The number of anilines is 1. The van der Waals surface area contributed by atoms with Gasteiger partial charge in [0.2, 0.25) is 0 Å². The van der Waals surface area contributed by atoms with Gasteiger partial charge in [-0.1, -0.05) is 6.07 Å². The molecule has 0 bridgehead atoms. The first-order chi connectivity index (χ1) is 8.26. The van der Waals surface area contributed by atoms with Crippen molar-refractivity contribution >= 4 is 5.82 Å². The average molecular weight is 239 g/mol. The highest BCUT2D eigenvalue weighted by Crippen LogP contribution is 2.05. The van der Waals surface area contributed by atoms with Crippen molar-refractivity contribution in [1.82, 2.24) is 9.88 Å². The van der Waals surface area contributed by atoms with Gasteiger partial charge in [0, 0.05) is 40.1 Å². The Kier molecular flexibility index (Phi) is 6.54. The summed E-state index contributed by atoms with van der Waals surface area (Å²) in [6.45, 7) is 4.02. The van der Waals surface area contributed by atoms with E-state index in [-0.39, 0.29) is 0 Å². The molecule has 0 aliphatic heterocycles. The molecule has 0 saturated carbocycles. The Morgan fingerprint density at radius 2 is 1.82 bits per heavy atom. The predicted molar refractivity (Wildman–Crippen MR) is 67.7 cm³/mol. The van der Waals surface area contributed by atoms with Gasteiger partial charge in [-0.05, 0) is 11.6 Å². The Morgan fingerprint density at radius 1 is 1.18 bits per heavy atom. The number of methoxy groups -OCH3 is 2. The molecule has 0 aliphatic rings. The smallest absolute Gasteiger partial charge is 0.123 e. The lowest BCUT2D eigenvalue weighted by atomic mass is 10.2. The summed E-state index contributed by atoms with van der Waals surface area (Å²) in [7, 11) is 3.42. The lowest BCUT2D eigenvalue weighted by Gasteiger charge is -2.21. The van der Waals surface area contributed by atoms with Gasteiger partial charge in [-0.15, -0.1) is 0 Å². The van der Waals surface area contributed by atoms with Crippen LogP contribution >= 0.6 is 0 Å². The number of rotatable bonds is 8. The van der Waals surface area contributed by atoms with Crippen LogP contribution in [0.5, 0.6) is 0 Å². The van der Waals surface area contributed by atoms with E-state index in [0.717, 1.165) is 25.2 Å². The van der Waals surface area contributed by atoms with Crippen molar-refractivity contribution in [3.63, 3.8) is 0 Å². The van der Waals surface area contributed by atoms with Crippen LogP contribution in [0.3, 0.4) is 0 Å². The van der Waals surface area contributed by atoms with Crippen LogP contribution in [0.2, 0.25) is 0 Å². The molecule has 0 radical (unpaired) electrons. The summed E-state index contributed by atoms with van der Waals surface area (Å²) in [5.41, 5.74) is 6.70. The molecule has 17 heavy (non-hydrogen) atoms. The minimum Gasteiger partial charge on any atom is -0.384 e. The van der Waals surface area contributed by atoms with Crippen LogP contribution in [0.25, 0.3) is 0 Å². The summed E-state index contributed by atoms with van der Waals surface area (Å²) in [5.74, 6) is 0.550. The topological polar surface area (TPSA) is 60.6 Å². The molecule has 1 rings (SSSR count). The van der Waals surface area contributed by atoms with Gasteiger partial charge in [-0.2, -0.15) is 0 Å². The largest absolute Gasteiger partial charge is 0.384 e. The highest BCUT2D eigenvalue weighted by Gasteiger charge is 2.05. The molecule has 0 amide bonds. The van der Waals surface area contributed by atoms with Gasteiger partial charge >= 0.3 is 0 Å². The minimum atomic E-state index is 0.550. The molecule has 1 aromatic heterocycles. The van der Waals surface area contributed by atoms with Gasteiger partial charge < -0.3 is 15.2 Å². The summed E-state index contributed by atoms with van der Waals surface area (Å²) in [6, 6.07) is 3.81. The monoisotopic (exact) mass is 239 g/mol. The molecule has 0 aromatic carbocycles. The Balaban J connectivity index is 2.48. The number of ether oxygens (including phenoxy) is 2. The first kappa shape index (κ1) is 13.9. The van der Waals surface area contributed by atoms with Crippen molar-refractivity contribution in [2.45, 2.75) is 6.54 Å². The molecule has 2 N–H and O–H groups in total. The first-order valence-electron chi connectivity index (χ1n) is 5.67. The zero-order chi connectivity index (χ0) is 12.5. The normalized spacial score (nSPS) is 11.0. The molecule has 0 aliphatic carbocycles. The Morgan fingerprint density at radius 3 is 2.29 bits per heavy atom. The first-order valence-corrected chi connectivity index (χ1v) is 5.67. The van der Waals surface area contributed by atoms with Gasteiger partial charge in [0.1, 0.15) is 5.82 Å². The second kappa shape index (κ2) is 8.00. The van der Waals surface area contributed by atoms with E-state index in [1.165, 1.54) is 0 Å². The second-order valence-electron chi connectivity index (χ2n) is 3.85. The SMILES string of the molecule is COCCN(CCOC)Cc1ccc(N)nc1. The second-order valence-corrected chi connectivity index (χ2v) is 3.85. The maximum absolute atomic E-state index is 5.55. The molecule has 96 valence electrons. The zero-order valence-electron chi connectivity index (χ0n) is 10.6. The van der Waals surface area contributed by atoms with Gasteiger partial charge in [0.25, 0.3) is 0 Å². The standard InChI is InChI=1S/C12H21N3O2/c1-16-7-5-15(6-8-17-2)10-11-3-4-12(13)14-9-11/h3-4,9H,5-8,10H2,1-2H3,(H2,13,14). The fourth-order valence-electron chi connectivity index (χ4n) is 1.50. The molecule has 1 heterocycles. The molecule has 0 atom stereocenters. The van der Waals surface area contributed by atoms with Crippen molar-refractivity contribution in [3.05, 3.63) is 23.9 Å². The lowest BCUT2D eigenvalue weighted by Crippen LogP contribution is -2.30. The molecule has 0 fully saturated rings. The van der Waals surface area contributed by atoms with Crippen LogP contribution in [-0.4, -0.2) is 50.4 Å². The Bertz CT molecular complexity index is 295. The number of hydrogen-bond acceptors (Lipinski definition) is 5. The molecular formula is C12H21N3O2. The van der Waals surface area contributed by atoms with E-state index in [9.17, 15) is 0 Å². The van der Waals surface area contributed by atoms with E-state index in [1.54, 1.807) is 14.2 Å². The predicted octanol–water partition coefficient (Wildman–Crippen LogP) is 0.759. The third kappa shape index (κ3) is 5.63. The maximum atomic E-state index is 5.55. The van der Waals surface area contributed by atoms with Gasteiger partial charge in [-0.25, -0.2) is 4.98 Å². The number of pyridine rings is 1.